The number of amides is 1. The molecule has 0 spiro atoms. The van der Waals surface area contributed by atoms with Crippen LogP contribution in [0.5, 0.6) is 11.5 Å². The van der Waals surface area contributed by atoms with E-state index in [-0.39, 0.29) is 70.4 Å². The zero-order valence-corrected chi connectivity index (χ0v) is 22.5. The molecule has 0 unspecified atom stereocenters. The van der Waals surface area contributed by atoms with Crippen LogP contribution in [-0.2, 0) is 4.57 Å². The van der Waals surface area contributed by atoms with E-state index in [1.165, 1.54) is 19.2 Å². The average Bonchev–Trinajstić information content (AvgIpc) is 2.60. The predicted octanol–water partition coefficient (Wildman–Crippen LogP) is -2.92. The van der Waals surface area contributed by atoms with E-state index in [0.29, 0.717) is 22.2 Å². The first-order chi connectivity index (χ1) is 12.8. The van der Waals surface area contributed by atoms with Crippen LogP contribution >= 0.6 is 23.8 Å². The number of ether oxygens (including phenoxy) is 1. The molecule has 1 N–H and O–H groups in total. The molecule has 1 amide bonds. The molecule has 0 bridgehead atoms. The first kappa shape index (κ1) is 26.7. The molecule has 140 valence electrons. The van der Waals surface area contributed by atoms with Crippen LogP contribution in [0.1, 0.15) is 10.4 Å². The quantitative estimate of drug-likeness (QED) is 0.300. The summed E-state index contributed by atoms with van der Waals surface area (Å²) in [6.45, 7) is 0. The maximum Gasteiger partial charge on any atom is 1.00 e. The molecule has 0 radical (unpaired) electrons. The second kappa shape index (κ2) is 11.3. The van der Waals surface area contributed by atoms with Gasteiger partial charge in [-0.15, -0.1) is 0 Å². The summed E-state index contributed by atoms with van der Waals surface area (Å²) in [5.74, 6) is -0.564. The third-order valence-electron chi connectivity index (χ3n) is 3.71. The van der Waals surface area contributed by atoms with Gasteiger partial charge in [-0.05, 0) is 47.2 Å². The minimum Gasteiger partial charge on any atom is -0.780 e. The summed E-state index contributed by atoms with van der Waals surface area (Å²) in [7, 11) is -3.90. The van der Waals surface area contributed by atoms with Crippen LogP contribution in [0.25, 0.3) is 10.8 Å². The van der Waals surface area contributed by atoms with E-state index in [4.69, 9.17) is 4.74 Å². The number of carbonyl (C=O) groups excluding carboxylic acids is 1. The summed E-state index contributed by atoms with van der Waals surface area (Å²) >= 11 is 3.34. The smallest absolute Gasteiger partial charge is 0.780 e. The summed E-state index contributed by atoms with van der Waals surface area (Å²) in [4.78, 5) is 35.0. The van der Waals surface area contributed by atoms with Crippen LogP contribution in [0.3, 0.4) is 0 Å². The number of nitrogens with one attached hydrogen (secondary N) is 1. The van der Waals surface area contributed by atoms with Crippen LogP contribution in [0.15, 0.2) is 59.1 Å². The monoisotopic (exact) mass is 495 g/mol. The Morgan fingerprint density at radius 3 is 2.34 bits per heavy atom. The minimum absolute atomic E-state index is 0. The van der Waals surface area contributed by atoms with Gasteiger partial charge >= 0.3 is 59.1 Å². The van der Waals surface area contributed by atoms with E-state index in [9.17, 15) is 19.1 Å². The number of benzene rings is 3. The Morgan fingerprint density at radius 2 is 1.69 bits per heavy atom. The first-order valence-corrected chi connectivity index (χ1v) is 9.91. The number of anilines is 1. The molecular formula is C18H13BrNNa2O6P. The molecule has 0 aliphatic carbocycles. The van der Waals surface area contributed by atoms with Crippen LogP contribution < -0.4 is 83.5 Å². The van der Waals surface area contributed by atoms with Gasteiger partial charge in [-0.2, -0.15) is 0 Å². The molecule has 29 heavy (non-hydrogen) atoms. The summed E-state index contributed by atoms with van der Waals surface area (Å²) in [6, 6.07) is 14.7. The number of hydrogen-bond donors (Lipinski definition) is 1. The van der Waals surface area contributed by atoms with Crippen LogP contribution in [0.2, 0.25) is 0 Å². The Hall–Kier alpha value is -0.380. The number of rotatable bonds is 5. The molecule has 0 aromatic heterocycles. The van der Waals surface area contributed by atoms with Crippen LogP contribution in [-0.4, -0.2) is 13.0 Å². The van der Waals surface area contributed by atoms with Gasteiger partial charge in [0.15, 0.2) is 0 Å². The number of phosphoric ester groups is 1. The molecule has 0 aliphatic heterocycles. The summed E-state index contributed by atoms with van der Waals surface area (Å²) in [5.41, 5.74) is 0.288. The number of phosphoric acid groups is 1. The topological polar surface area (TPSA) is 111 Å². The Bertz CT molecular complexity index is 1080. The summed E-state index contributed by atoms with van der Waals surface area (Å²) < 4.78 is 21.6. The van der Waals surface area contributed by atoms with Crippen molar-refractivity contribution in [3.63, 3.8) is 0 Å². The van der Waals surface area contributed by atoms with Crippen LogP contribution in [0.4, 0.5) is 5.69 Å². The Morgan fingerprint density at radius 1 is 1.00 bits per heavy atom. The molecule has 0 fully saturated rings. The molecule has 7 nitrogen and oxygen atoms in total. The molecule has 3 aromatic carbocycles. The Balaban J connectivity index is 0.00000210. The molecule has 0 atom stereocenters. The van der Waals surface area contributed by atoms with Gasteiger partial charge in [-0.1, -0.05) is 34.1 Å². The fourth-order valence-corrected chi connectivity index (χ4v) is 3.33. The summed E-state index contributed by atoms with van der Waals surface area (Å²) in [5, 5.41) is 3.90. The van der Waals surface area contributed by atoms with Gasteiger partial charge in [0.2, 0.25) is 0 Å². The largest absolute Gasteiger partial charge is 1.00 e. The van der Waals surface area contributed by atoms with Crippen molar-refractivity contribution >= 4 is 46.1 Å². The van der Waals surface area contributed by atoms with Crippen molar-refractivity contribution in [2.24, 2.45) is 0 Å². The molecule has 3 aromatic rings. The number of carbonyl (C=O) groups is 1. The van der Waals surface area contributed by atoms with Gasteiger partial charge in [-0.25, -0.2) is 0 Å². The maximum absolute atomic E-state index is 12.8. The third kappa shape index (κ3) is 7.08. The van der Waals surface area contributed by atoms with Crippen molar-refractivity contribution in [1.29, 1.82) is 0 Å². The van der Waals surface area contributed by atoms with Crippen LogP contribution in [0, 0.1) is 0 Å². The van der Waals surface area contributed by atoms with E-state index in [0.717, 1.165) is 4.47 Å². The first-order valence-electron chi connectivity index (χ1n) is 7.66. The average molecular weight is 496 g/mol. The zero-order valence-electron chi connectivity index (χ0n) is 16.0. The molecule has 3 rings (SSSR count). The number of halogens is 1. The number of methoxy groups -OCH3 is 1. The van der Waals surface area contributed by atoms with Crippen molar-refractivity contribution < 1.29 is 87.5 Å². The fraction of sp³-hybridized carbons (Fsp3) is 0.0556. The fourth-order valence-electron chi connectivity index (χ4n) is 2.56. The maximum atomic E-state index is 12.8. The molecular weight excluding hydrogens is 483 g/mol. The Kier molecular flexibility index (Phi) is 10.4. The van der Waals surface area contributed by atoms with Gasteiger partial charge in [0.1, 0.15) is 19.3 Å². The molecule has 0 heterocycles. The second-order valence-corrected chi connectivity index (χ2v) is 7.53. The summed E-state index contributed by atoms with van der Waals surface area (Å²) in [6.07, 6.45) is 0. The van der Waals surface area contributed by atoms with Crippen molar-refractivity contribution in [2.45, 2.75) is 0 Å². The van der Waals surface area contributed by atoms with Gasteiger partial charge in [0.05, 0.1) is 18.4 Å². The SMILES string of the molecule is COc1ccccc1NC(=O)c1cc2cc(Br)ccc2cc1OP(=O)([O-])[O-].[Na+].[Na+]. The van der Waals surface area contributed by atoms with Crippen molar-refractivity contribution in [2.75, 3.05) is 12.4 Å². The van der Waals surface area contributed by atoms with E-state index < -0.39 is 13.7 Å². The molecule has 0 aliphatic rings. The van der Waals surface area contributed by atoms with Crippen molar-refractivity contribution in [3.05, 3.63) is 64.6 Å². The van der Waals surface area contributed by atoms with Gasteiger partial charge in [-0.3, -0.25) is 4.79 Å². The van der Waals surface area contributed by atoms with E-state index in [1.807, 2.05) is 0 Å². The van der Waals surface area contributed by atoms with E-state index in [2.05, 4.69) is 25.8 Å². The minimum atomic E-state index is -5.35. The third-order valence-corrected chi connectivity index (χ3v) is 4.62. The Labute approximate surface area is 220 Å². The number of para-hydroxylation sites is 2. The van der Waals surface area contributed by atoms with E-state index in [1.54, 1.807) is 42.5 Å². The van der Waals surface area contributed by atoms with E-state index >= 15 is 0 Å². The standard InChI is InChI=1S/C18H15BrNO6P.2Na/c1-25-16-5-3-2-4-15(16)20-18(21)14-9-12-8-13(19)7-6-11(12)10-17(14)26-27(22,23)24;;/h2-10H,1H3,(H,20,21)(H2,22,23,24);;/q;2*+1/p-2. The van der Waals surface area contributed by atoms with Gasteiger partial charge in [0.25, 0.3) is 5.91 Å². The molecule has 0 saturated heterocycles. The number of fused-ring (bicyclic) bond motifs is 1. The van der Waals surface area contributed by atoms with Crippen molar-refractivity contribution in [3.8, 4) is 11.5 Å². The van der Waals surface area contributed by atoms with Crippen molar-refractivity contribution in [1.82, 2.24) is 0 Å². The number of hydrogen-bond acceptors (Lipinski definition) is 6. The predicted molar refractivity (Wildman–Crippen MR) is 101 cm³/mol. The normalized spacial score (nSPS) is 10.5. The van der Waals surface area contributed by atoms with Gasteiger partial charge < -0.3 is 28.9 Å². The second-order valence-electron chi connectivity index (χ2n) is 5.53. The zero-order chi connectivity index (χ0) is 19.6. The molecule has 11 heteroatoms. The van der Waals surface area contributed by atoms with Gasteiger partial charge in [0, 0.05) is 4.47 Å². The molecule has 0 saturated carbocycles.